The minimum Gasteiger partial charge on any atom is -0.397 e. The minimum absolute atomic E-state index is 0.845. The van der Waals surface area contributed by atoms with Crippen molar-refractivity contribution in [2.24, 2.45) is 0 Å². The van der Waals surface area contributed by atoms with Crippen molar-refractivity contribution in [3.05, 3.63) is 28.1 Å². The second-order valence-corrected chi connectivity index (χ2v) is 4.07. The van der Waals surface area contributed by atoms with Crippen molar-refractivity contribution < 1.29 is 0 Å². The molecule has 0 unspecified atom stereocenters. The van der Waals surface area contributed by atoms with Gasteiger partial charge >= 0.3 is 0 Å². The van der Waals surface area contributed by atoms with Crippen molar-refractivity contribution in [1.29, 1.82) is 0 Å². The largest absolute Gasteiger partial charge is 0.397 e. The molecule has 0 spiro atoms. The summed E-state index contributed by atoms with van der Waals surface area (Å²) in [6, 6.07) is 6.11. The summed E-state index contributed by atoms with van der Waals surface area (Å²) in [5.74, 6) is 0. The number of halogens is 1. The fourth-order valence-electron chi connectivity index (χ4n) is 1.03. The van der Waals surface area contributed by atoms with E-state index in [-0.39, 0.29) is 0 Å². The summed E-state index contributed by atoms with van der Waals surface area (Å²) in [5, 5.41) is 3.27. The quantitative estimate of drug-likeness (QED) is 0.688. The summed E-state index contributed by atoms with van der Waals surface area (Å²) >= 11 is 5.06. The lowest BCUT2D eigenvalue weighted by Gasteiger charge is -1.97. The van der Waals surface area contributed by atoms with Gasteiger partial charge < -0.3 is 5.73 Å². The topological polar surface area (TPSA) is 26.0 Å². The van der Waals surface area contributed by atoms with Crippen LogP contribution in [0.5, 0.6) is 0 Å². The second-order valence-electron chi connectivity index (χ2n) is 2.30. The molecule has 0 fully saturated rings. The van der Waals surface area contributed by atoms with Gasteiger partial charge in [-0.05, 0) is 38.8 Å². The molecule has 0 saturated carbocycles. The molecule has 2 N–H and O–H groups in total. The summed E-state index contributed by atoms with van der Waals surface area (Å²) in [6.45, 7) is 0. The number of nitrogen functional groups attached to an aromatic ring is 1. The number of rotatable bonds is 0. The summed E-state index contributed by atoms with van der Waals surface area (Å²) in [4.78, 5) is 0. The van der Waals surface area contributed by atoms with Crippen LogP contribution in [-0.4, -0.2) is 0 Å². The zero-order chi connectivity index (χ0) is 7.84. The van der Waals surface area contributed by atoms with Gasteiger partial charge in [0, 0.05) is 4.47 Å². The van der Waals surface area contributed by atoms with Gasteiger partial charge in [-0.3, -0.25) is 0 Å². The van der Waals surface area contributed by atoms with E-state index in [1.807, 2.05) is 11.4 Å². The van der Waals surface area contributed by atoms with Crippen LogP contribution in [0.1, 0.15) is 0 Å². The summed E-state index contributed by atoms with van der Waals surface area (Å²) in [6.07, 6.45) is 0. The highest BCUT2D eigenvalue weighted by atomic mass is 79.9. The highest BCUT2D eigenvalue weighted by Gasteiger charge is 2.01. The fraction of sp³-hybridized carbons (Fsp3) is 0. The molecule has 0 saturated heterocycles. The van der Waals surface area contributed by atoms with Gasteiger partial charge in [0.1, 0.15) is 0 Å². The van der Waals surface area contributed by atoms with E-state index >= 15 is 0 Å². The molecule has 0 aliphatic heterocycles. The number of nitrogens with two attached hydrogens (primary N) is 1. The molecule has 0 atom stereocenters. The Kier molecular flexibility index (Phi) is 1.62. The number of hydrogen-bond acceptors (Lipinski definition) is 2. The van der Waals surface area contributed by atoms with Gasteiger partial charge in [0.2, 0.25) is 0 Å². The van der Waals surface area contributed by atoms with Crippen molar-refractivity contribution in [2.45, 2.75) is 0 Å². The van der Waals surface area contributed by atoms with Crippen LogP contribution in [0.15, 0.2) is 28.1 Å². The third-order valence-electron chi connectivity index (χ3n) is 1.61. The molecule has 0 aliphatic rings. The molecule has 1 heterocycles. The standard InChI is InChI=1S/C8H6BrNS/c9-6-2-1-5-3-4-11-8(5)7(6)10/h1-4H,10H2. The van der Waals surface area contributed by atoms with E-state index in [2.05, 4.69) is 28.1 Å². The van der Waals surface area contributed by atoms with E-state index in [1.54, 1.807) is 11.3 Å². The molecule has 1 aromatic heterocycles. The van der Waals surface area contributed by atoms with Crippen LogP contribution in [0, 0.1) is 0 Å². The van der Waals surface area contributed by atoms with Crippen LogP contribution in [-0.2, 0) is 0 Å². The summed E-state index contributed by atoms with van der Waals surface area (Å²) in [7, 11) is 0. The van der Waals surface area contributed by atoms with E-state index in [9.17, 15) is 0 Å². The third kappa shape index (κ3) is 1.04. The Labute approximate surface area is 77.0 Å². The molecule has 0 aliphatic carbocycles. The lowest BCUT2D eigenvalue weighted by atomic mass is 10.2. The van der Waals surface area contributed by atoms with Crippen LogP contribution in [0.2, 0.25) is 0 Å². The third-order valence-corrected chi connectivity index (χ3v) is 3.26. The smallest absolute Gasteiger partial charge is 0.0639 e. The number of thiophene rings is 1. The van der Waals surface area contributed by atoms with Crippen molar-refractivity contribution in [3.8, 4) is 0 Å². The van der Waals surface area contributed by atoms with E-state index < -0.39 is 0 Å². The van der Waals surface area contributed by atoms with Crippen molar-refractivity contribution in [2.75, 3.05) is 5.73 Å². The lowest BCUT2D eigenvalue weighted by Crippen LogP contribution is -1.84. The van der Waals surface area contributed by atoms with Gasteiger partial charge in [0.25, 0.3) is 0 Å². The first-order valence-electron chi connectivity index (χ1n) is 3.20. The van der Waals surface area contributed by atoms with Gasteiger partial charge in [-0.25, -0.2) is 0 Å². The zero-order valence-electron chi connectivity index (χ0n) is 5.67. The highest BCUT2D eigenvalue weighted by molar-refractivity contribution is 9.10. The average Bonchev–Trinajstić information content (AvgIpc) is 2.45. The van der Waals surface area contributed by atoms with Gasteiger partial charge in [0.15, 0.2) is 0 Å². The zero-order valence-corrected chi connectivity index (χ0v) is 8.08. The van der Waals surface area contributed by atoms with Crippen LogP contribution in [0.4, 0.5) is 5.69 Å². The molecule has 1 nitrogen and oxygen atoms in total. The van der Waals surface area contributed by atoms with E-state index in [0.29, 0.717) is 0 Å². The Hall–Kier alpha value is -0.540. The predicted molar refractivity (Wildman–Crippen MR) is 53.9 cm³/mol. The predicted octanol–water partition coefficient (Wildman–Crippen LogP) is 3.25. The Morgan fingerprint density at radius 2 is 2.09 bits per heavy atom. The number of fused-ring (bicyclic) bond motifs is 1. The number of benzene rings is 1. The van der Waals surface area contributed by atoms with Crippen molar-refractivity contribution >= 4 is 43.0 Å². The molecule has 56 valence electrons. The molecule has 0 bridgehead atoms. The monoisotopic (exact) mass is 227 g/mol. The molecule has 3 heteroatoms. The maximum atomic E-state index is 5.83. The molecule has 2 aromatic rings. The summed E-state index contributed by atoms with van der Waals surface area (Å²) < 4.78 is 2.15. The second kappa shape index (κ2) is 2.50. The maximum absolute atomic E-state index is 5.83. The first-order chi connectivity index (χ1) is 5.29. The van der Waals surface area contributed by atoms with E-state index in [0.717, 1.165) is 10.2 Å². The molecule has 2 rings (SSSR count). The van der Waals surface area contributed by atoms with Crippen LogP contribution >= 0.6 is 27.3 Å². The first kappa shape index (κ1) is 7.13. The highest BCUT2D eigenvalue weighted by Crippen LogP contribution is 2.32. The van der Waals surface area contributed by atoms with Gasteiger partial charge in [-0.1, -0.05) is 6.07 Å². The van der Waals surface area contributed by atoms with Crippen molar-refractivity contribution in [3.63, 3.8) is 0 Å². The SMILES string of the molecule is Nc1c(Br)ccc2ccsc12. The van der Waals surface area contributed by atoms with Gasteiger partial charge in [-0.15, -0.1) is 11.3 Å². The van der Waals surface area contributed by atoms with E-state index in [1.165, 1.54) is 10.1 Å². The first-order valence-corrected chi connectivity index (χ1v) is 4.87. The molecule has 11 heavy (non-hydrogen) atoms. The molecular weight excluding hydrogens is 222 g/mol. The Balaban J connectivity index is 2.93. The van der Waals surface area contributed by atoms with Crippen LogP contribution in [0.25, 0.3) is 10.1 Å². The summed E-state index contributed by atoms with van der Waals surface area (Å²) in [5.41, 5.74) is 6.67. The number of hydrogen-bond donors (Lipinski definition) is 1. The maximum Gasteiger partial charge on any atom is 0.0639 e. The average molecular weight is 228 g/mol. The Bertz CT molecular complexity index is 394. The lowest BCUT2D eigenvalue weighted by molar-refractivity contribution is 1.73. The molecular formula is C8H6BrNS. The molecule has 0 amide bonds. The van der Waals surface area contributed by atoms with Crippen LogP contribution in [0.3, 0.4) is 0 Å². The molecule has 0 radical (unpaired) electrons. The van der Waals surface area contributed by atoms with Crippen LogP contribution < -0.4 is 5.73 Å². The normalized spacial score (nSPS) is 10.6. The van der Waals surface area contributed by atoms with Gasteiger partial charge in [-0.2, -0.15) is 0 Å². The van der Waals surface area contributed by atoms with Gasteiger partial charge in [0.05, 0.1) is 10.4 Å². The fourth-order valence-corrected chi connectivity index (χ4v) is 2.35. The Morgan fingerprint density at radius 1 is 1.27 bits per heavy atom. The minimum atomic E-state index is 0.845. The molecule has 1 aromatic carbocycles. The van der Waals surface area contributed by atoms with Crippen molar-refractivity contribution in [1.82, 2.24) is 0 Å². The number of anilines is 1. The van der Waals surface area contributed by atoms with E-state index in [4.69, 9.17) is 5.73 Å². The Morgan fingerprint density at radius 3 is 2.91 bits per heavy atom.